The fraction of sp³-hybridized carbons (Fsp3) is 0.545. The molecule has 0 amide bonds. The molecule has 1 aromatic rings. The Balaban J connectivity index is 2.37. The second-order valence-corrected chi connectivity index (χ2v) is 4.27. The van der Waals surface area contributed by atoms with Gasteiger partial charge in [-0.2, -0.15) is 5.10 Å². The summed E-state index contributed by atoms with van der Waals surface area (Å²) in [6.45, 7) is 2.19. The highest BCUT2D eigenvalue weighted by molar-refractivity contribution is 9.09. The van der Waals surface area contributed by atoms with Crippen LogP contribution in [0.1, 0.15) is 25.5 Å². The Labute approximate surface area is 94.1 Å². The number of allylic oxidation sites excluding steroid dienone is 2. The molecule has 0 fully saturated rings. The van der Waals surface area contributed by atoms with Crippen LogP contribution in [0.3, 0.4) is 0 Å². The van der Waals surface area contributed by atoms with Gasteiger partial charge in [-0.3, -0.25) is 4.68 Å². The normalized spacial score (nSPS) is 12.1. The Morgan fingerprint density at radius 1 is 1.64 bits per heavy atom. The first-order valence-electron chi connectivity index (χ1n) is 4.92. The molecule has 0 spiro atoms. The van der Waals surface area contributed by atoms with Crippen molar-refractivity contribution in [1.82, 2.24) is 9.78 Å². The van der Waals surface area contributed by atoms with Crippen LogP contribution < -0.4 is 0 Å². The zero-order valence-electron chi connectivity index (χ0n) is 8.83. The summed E-state index contributed by atoms with van der Waals surface area (Å²) in [6, 6.07) is 2.08. The first-order valence-corrected chi connectivity index (χ1v) is 6.04. The van der Waals surface area contributed by atoms with E-state index in [1.54, 1.807) is 0 Å². The zero-order chi connectivity index (χ0) is 10.4. The highest BCUT2D eigenvalue weighted by atomic mass is 79.9. The maximum Gasteiger partial charge on any atom is 0.0492 e. The largest absolute Gasteiger partial charge is 0.273 e. The predicted octanol–water partition coefficient (Wildman–Crippen LogP) is 3.08. The molecule has 14 heavy (non-hydrogen) atoms. The Bertz CT molecular complexity index is 302. The lowest BCUT2D eigenvalue weighted by atomic mass is 10.1. The van der Waals surface area contributed by atoms with Gasteiger partial charge in [0.25, 0.3) is 0 Å². The van der Waals surface area contributed by atoms with Crippen molar-refractivity contribution in [2.45, 2.75) is 26.2 Å². The van der Waals surface area contributed by atoms with Crippen LogP contribution >= 0.6 is 15.9 Å². The van der Waals surface area contributed by atoms with Crippen LogP contribution in [0.4, 0.5) is 0 Å². The maximum atomic E-state index is 4.15. The number of hydrogen-bond donors (Lipinski definition) is 0. The molecule has 0 saturated heterocycles. The van der Waals surface area contributed by atoms with Gasteiger partial charge in [0.15, 0.2) is 0 Å². The van der Waals surface area contributed by atoms with E-state index in [0.29, 0.717) is 0 Å². The van der Waals surface area contributed by atoms with Crippen LogP contribution in [0, 0.1) is 0 Å². The minimum atomic E-state index is 1.05. The molecule has 0 bridgehead atoms. The van der Waals surface area contributed by atoms with Gasteiger partial charge in [0, 0.05) is 24.3 Å². The van der Waals surface area contributed by atoms with Crippen LogP contribution in [0.5, 0.6) is 0 Å². The molecule has 1 heterocycles. The first-order chi connectivity index (χ1) is 6.74. The predicted molar refractivity (Wildman–Crippen MR) is 63.7 cm³/mol. The Hall–Kier alpha value is -0.570. The smallest absolute Gasteiger partial charge is 0.0492 e. The molecule has 3 heteroatoms. The van der Waals surface area contributed by atoms with Crippen LogP contribution in [0.15, 0.2) is 23.9 Å². The molecule has 1 rings (SSSR count). The lowest BCUT2D eigenvalue weighted by Gasteiger charge is -2.02. The van der Waals surface area contributed by atoms with E-state index in [1.165, 1.54) is 11.3 Å². The van der Waals surface area contributed by atoms with E-state index in [0.717, 1.165) is 24.6 Å². The van der Waals surface area contributed by atoms with Crippen molar-refractivity contribution in [2.24, 2.45) is 7.05 Å². The molecular weight excluding hydrogens is 240 g/mol. The van der Waals surface area contributed by atoms with Gasteiger partial charge in [-0.1, -0.05) is 27.6 Å². The monoisotopic (exact) mass is 256 g/mol. The van der Waals surface area contributed by atoms with Gasteiger partial charge in [0.2, 0.25) is 0 Å². The van der Waals surface area contributed by atoms with Gasteiger partial charge < -0.3 is 0 Å². The molecule has 0 aliphatic carbocycles. The summed E-state index contributed by atoms with van der Waals surface area (Å²) < 4.78 is 1.94. The summed E-state index contributed by atoms with van der Waals surface area (Å²) in [7, 11) is 1.99. The lowest BCUT2D eigenvalue weighted by Crippen LogP contribution is -1.98. The van der Waals surface area contributed by atoms with Gasteiger partial charge in [-0.05, 0) is 32.3 Å². The van der Waals surface area contributed by atoms with E-state index >= 15 is 0 Å². The molecular formula is C11H17BrN2. The molecule has 0 aromatic carbocycles. The molecule has 0 radical (unpaired) electrons. The number of alkyl halides is 1. The molecule has 0 saturated carbocycles. The number of halogens is 1. The highest BCUT2D eigenvalue weighted by Gasteiger charge is 1.98. The average molecular weight is 257 g/mol. The molecule has 2 nitrogen and oxygen atoms in total. The lowest BCUT2D eigenvalue weighted by molar-refractivity contribution is 0.701. The number of aromatic nitrogens is 2. The standard InChI is InChI=1S/C11H17BrN2/c1-10(4-3-8-12)5-6-11-7-9-13-14(11)2/h4,7,9H,3,5-6,8H2,1-2H3. The van der Waals surface area contributed by atoms with E-state index in [-0.39, 0.29) is 0 Å². The van der Waals surface area contributed by atoms with Gasteiger partial charge >= 0.3 is 0 Å². The van der Waals surface area contributed by atoms with E-state index in [1.807, 2.05) is 17.9 Å². The summed E-state index contributed by atoms with van der Waals surface area (Å²) in [6.07, 6.45) is 7.49. The summed E-state index contributed by atoms with van der Waals surface area (Å²) in [4.78, 5) is 0. The quantitative estimate of drug-likeness (QED) is 0.585. The molecule has 0 unspecified atom stereocenters. The summed E-state index contributed by atoms with van der Waals surface area (Å²) in [5, 5.41) is 5.20. The van der Waals surface area contributed by atoms with Crippen LogP contribution in [0.25, 0.3) is 0 Å². The summed E-state index contributed by atoms with van der Waals surface area (Å²) >= 11 is 3.42. The van der Waals surface area contributed by atoms with Gasteiger partial charge in [0.05, 0.1) is 0 Å². The summed E-state index contributed by atoms with van der Waals surface area (Å²) in [5.74, 6) is 0. The Morgan fingerprint density at radius 3 is 3.00 bits per heavy atom. The number of nitrogens with zero attached hydrogens (tertiary/aromatic N) is 2. The van der Waals surface area contributed by atoms with Crippen molar-refractivity contribution in [1.29, 1.82) is 0 Å². The number of aryl methyl sites for hydroxylation is 2. The van der Waals surface area contributed by atoms with Crippen LogP contribution in [-0.2, 0) is 13.5 Å². The van der Waals surface area contributed by atoms with E-state index in [4.69, 9.17) is 0 Å². The third-order valence-corrected chi connectivity index (χ3v) is 2.76. The van der Waals surface area contributed by atoms with Crippen LogP contribution in [-0.4, -0.2) is 15.1 Å². The SMILES string of the molecule is CC(=CCCBr)CCc1ccnn1C. The second-order valence-electron chi connectivity index (χ2n) is 3.47. The van der Waals surface area contributed by atoms with Crippen molar-refractivity contribution < 1.29 is 0 Å². The molecule has 0 N–H and O–H groups in total. The van der Waals surface area contributed by atoms with Crippen molar-refractivity contribution in [3.8, 4) is 0 Å². The minimum Gasteiger partial charge on any atom is -0.273 e. The molecule has 1 aromatic heterocycles. The van der Waals surface area contributed by atoms with Gasteiger partial charge in [-0.25, -0.2) is 0 Å². The fourth-order valence-corrected chi connectivity index (χ4v) is 1.60. The first kappa shape index (κ1) is 11.5. The average Bonchev–Trinajstić information content (AvgIpc) is 2.58. The number of hydrogen-bond acceptors (Lipinski definition) is 1. The Morgan fingerprint density at radius 2 is 2.43 bits per heavy atom. The fourth-order valence-electron chi connectivity index (χ4n) is 1.37. The molecule has 0 aliphatic heterocycles. The third kappa shape index (κ3) is 3.66. The van der Waals surface area contributed by atoms with Crippen molar-refractivity contribution >= 4 is 15.9 Å². The van der Waals surface area contributed by atoms with Crippen LogP contribution in [0.2, 0.25) is 0 Å². The Kier molecular flexibility index (Phi) is 4.94. The van der Waals surface area contributed by atoms with E-state index in [2.05, 4.69) is 40.1 Å². The van der Waals surface area contributed by atoms with E-state index in [9.17, 15) is 0 Å². The highest BCUT2D eigenvalue weighted by Crippen LogP contribution is 2.08. The molecule has 0 aliphatic rings. The minimum absolute atomic E-state index is 1.05. The van der Waals surface area contributed by atoms with E-state index < -0.39 is 0 Å². The topological polar surface area (TPSA) is 17.8 Å². The van der Waals surface area contributed by atoms with Crippen molar-refractivity contribution in [2.75, 3.05) is 5.33 Å². The summed E-state index contributed by atoms with van der Waals surface area (Å²) in [5.41, 5.74) is 2.77. The zero-order valence-corrected chi connectivity index (χ0v) is 10.4. The van der Waals surface area contributed by atoms with Gasteiger partial charge in [0.1, 0.15) is 0 Å². The second kappa shape index (κ2) is 6.02. The molecule has 0 atom stereocenters. The van der Waals surface area contributed by atoms with Crippen molar-refractivity contribution in [3.63, 3.8) is 0 Å². The maximum absolute atomic E-state index is 4.15. The third-order valence-electron chi connectivity index (χ3n) is 2.30. The van der Waals surface area contributed by atoms with Crippen molar-refractivity contribution in [3.05, 3.63) is 29.6 Å². The number of rotatable bonds is 5. The molecule has 78 valence electrons. The van der Waals surface area contributed by atoms with Gasteiger partial charge in [-0.15, -0.1) is 0 Å².